The van der Waals surface area contributed by atoms with Crippen LogP contribution in [0.4, 0.5) is 46.3 Å². The van der Waals surface area contributed by atoms with Crippen LogP contribution in [0, 0.1) is 0 Å². The normalized spacial score (nSPS) is 15.1. The van der Waals surface area contributed by atoms with Crippen LogP contribution in [-0.4, -0.2) is 150 Å². The molecule has 6 amide bonds. The monoisotopic (exact) mass is 1110 g/mol. The van der Waals surface area contributed by atoms with Crippen molar-refractivity contribution in [2.45, 2.75) is 102 Å². The van der Waals surface area contributed by atoms with E-state index in [-0.39, 0.29) is 122 Å². The first-order valence-electron chi connectivity index (χ1n) is 25.1. The van der Waals surface area contributed by atoms with E-state index in [1.54, 1.807) is 0 Å². The molecule has 2 aromatic carbocycles. The molecule has 30 heteroatoms. The predicted octanol–water partition coefficient (Wildman–Crippen LogP) is 0.514. The molecule has 0 spiro atoms. The van der Waals surface area contributed by atoms with Gasteiger partial charge >= 0.3 is 23.9 Å². The molecule has 426 valence electrons. The van der Waals surface area contributed by atoms with Gasteiger partial charge in [-0.15, -0.1) is 0 Å². The van der Waals surface area contributed by atoms with Crippen LogP contribution in [0.3, 0.4) is 0 Å². The van der Waals surface area contributed by atoms with Crippen molar-refractivity contribution >= 4 is 106 Å². The van der Waals surface area contributed by atoms with Crippen molar-refractivity contribution in [3.8, 4) is 0 Å². The number of nitrogen functional groups attached to an aromatic ring is 2. The summed E-state index contributed by atoms with van der Waals surface area (Å²) in [7, 11) is 0. The third kappa shape index (κ3) is 15.0. The number of carbonyl (C=O) groups is 10. The molecule has 0 fully saturated rings. The zero-order chi connectivity index (χ0) is 58.5. The third-order valence-electron chi connectivity index (χ3n) is 13.0. The minimum absolute atomic E-state index is 0.0122. The van der Waals surface area contributed by atoms with Crippen molar-refractivity contribution in [2.24, 2.45) is 0 Å². The van der Waals surface area contributed by atoms with Gasteiger partial charge < -0.3 is 63.0 Å². The van der Waals surface area contributed by atoms with E-state index in [9.17, 15) is 67.7 Å². The average Bonchev–Trinajstić information content (AvgIpc) is 3.56. The molecule has 14 N–H and O–H groups in total. The zero-order valence-electron chi connectivity index (χ0n) is 43.4. The van der Waals surface area contributed by atoms with E-state index in [2.05, 4.69) is 41.2 Å². The minimum Gasteiger partial charge on any atom is -0.481 e. The van der Waals surface area contributed by atoms with Gasteiger partial charge in [0, 0.05) is 88.2 Å². The van der Waals surface area contributed by atoms with Crippen LogP contribution in [0.5, 0.6) is 0 Å². The molecule has 6 rings (SSSR count). The summed E-state index contributed by atoms with van der Waals surface area (Å²) < 4.78 is 0. The number of carboxylic acid groups (broad SMARTS) is 4. The van der Waals surface area contributed by atoms with Crippen LogP contribution in [0.2, 0.25) is 0 Å². The van der Waals surface area contributed by atoms with Gasteiger partial charge in [-0.3, -0.25) is 67.7 Å². The molecule has 0 aliphatic carbocycles. The lowest BCUT2D eigenvalue weighted by atomic mass is 10.1. The average molecular weight is 1110 g/mol. The smallest absolute Gasteiger partial charge is 0.326 e. The first kappa shape index (κ1) is 59.3. The van der Waals surface area contributed by atoms with E-state index in [1.807, 2.05) is 0 Å². The van der Waals surface area contributed by atoms with Crippen molar-refractivity contribution in [1.29, 1.82) is 0 Å². The van der Waals surface area contributed by atoms with Crippen LogP contribution in [-0.2, 0) is 38.4 Å². The summed E-state index contributed by atoms with van der Waals surface area (Å²) in [5.74, 6) is -9.27. The number of amides is 6. The van der Waals surface area contributed by atoms with Crippen LogP contribution in [0.1, 0.15) is 98.8 Å². The Bertz CT molecular complexity index is 2960. The maximum Gasteiger partial charge on any atom is 0.326 e. The summed E-state index contributed by atoms with van der Waals surface area (Å²) in [5, 5.41) is 47.5. The molecule has 0 saturated heterocycles. The van der Waals surface area contributed by atoms with Gasteiger partial charge in [0.2, 0.25) is 35.5 Å². The van der Waals surface area contributed by atoms with Crippen LogP contribution >= 0.6 is 0 Å². The Morgan fingerprint density at radius 2 is 0.925 bits per heavy atom. The van der Waals surface area contributed by atoms with E-state index in [0.717, 1.165) is 0 Å². The number of fused-ring (bicyclic) bond motifs is 2. The highest BCUT2D eigenvalue weighted by molar-refractivity contribution is 6.02. The Morgan fingerprint density at radius 3 is 1.24 bits per heavy atom. The van der Waals surface area contributed by atoms with Crippen molar-refractivity contribution in [3.05, 3.63) is 80.4 Å². The van der Waals surface area contributed by atoms with Gasteiger partial charge in [0.25, 0.3) is 22.9 Å². The fourth-order valence-corrected chi connectivity index (χ4v) is 9.11. The second kappa shape index (κ2) is 26.4. The first-order valence-corrected chi connectivity index (χ1v) is 25.1. The van der Waals surface area contributed by atoms with Gasteiger partial charge in [0.15, 0.2) is 23.0 Å². The number of aromatic amines is 2. The summed E-state index contributed by atoms with van der Waals surface area (Å²) in [6, 6.07) is 6.38. The molecule has 2 aliphatic heterocycles. The molecule has 4 atom stereocenters. The number of aromatic nitrogens is 4. The molecule has 80 heavy (non-hydrogen) atoms. The van der Waals surface area contributed by atoms with E-state index in [4.69, 9.17) is 21.7 Å². The first-order chi connectivity index (χ1) is 37.9. The number of carboxylic acids is 4. The van der Waals surface area contributed by atoms with Crippen molar-refractivity contribution in [1.82, 2.24) is 30.6 Å². The van der Waals surface area contributed by atoms with Crippen LogP contribution < -0.4 is 63.5 Å². The SMILES string of the molecule is CC(=O)N(CC1CNc2nc(N)[nH]c(=O)c2N1C(=O)CCCCCCC(=O)N1c2c(nc(N)[nH]c2=O)NCC1CN(C(C)=O)c1ccc(C(=O)NC(CCC(=O)O)C(=O)O)cc1)c1ccc(C(=O)NC(CCC(=O)O)C(=O)O)cc1. The summed E-state index contributed by atoms with van der Waals surface area (Å²) in [6.07, 6.45) is -0.530. The lowest BCUT2D eigenvalue weighted by molar-refractivity contribution is -0.142. The minimum atomic E-state index is -1.48. The molecule has 0 radical (unpaired) electrons. The number of unbranched alkanes of at least 4 members (excludes halogenated alkanes) is 3. The van der Waals surface area contributed by atoms with Gasteiger partial charge in [-0.2, -0.15) is 9.97 Å². The Labute approximate surface area is 453 Å². The van der Waals surface area contributed by atoms with Gasteiger partial charge in [-0.25, -0.2) is 9.59 Å². The number of carbonyl (C=O) groups excluding carboxylic acids is 6. The van der Waals surface area contributed by atoms with E-state index in [0.29, 0.717) is 12.8 Å². The fourth-order valence-electron chi connectivity index (χ4n) is 9.11. The van der Waals surface area contributed by atoms with Gasteiger partial charge in [-0.05, 0) is 74.2 Å². The highest BCUT2D eigenvalue weighted by atomic mass is 16.4. The number of nitrogens with one attached hydrogen (secondary N) is 6. The van der Waals surface area contributed by atoms with Gasteiger partial charge in [-0.1, -0.05) is 12.8 Å². The predicted molar refractivity (Wildman–Crippen MR) is 286 cm³/mol. The van der Waals surface area contributed by atoms with Crippen molar-refractivity contribution in [3.63, 3.8) is 0 Å². The van der Waals surface area contributed by atoms with E-state index >= 15 is 0 Å². The van der Waals surface area contributed by atoms with Crippen LogP contribution in [0.25, 0.3) is 0 Å². The number of rotatable bonds is 25. The molecule has 0 saturated carbocycles. The largest absolute Gasteiger partial charge is 0.481 e. The lowest BCUT2D eigenvalue weighted by Crippen LogP contribution is -2.55. The Balaban J connectivity index is 1.11. The molecule has 0 bridgehead atoms. The molecule has 2 aliphatic rings. The molecule has 2 aromatic heterocycles. The molecule has 4 heterocycles. The van der Waals surface area contributed by atoms with E-state index < -0.39 is 107 Å². The number of H-pyrrole nitrogens is 2. The summed E-state index contributed by atoms with van der Waals surface area (Å²) in [5.41, 5.74) is 10.5. The standard InChI is InChI=1S/C50H60N14O16/c1-25(65)61(29-13-9-27(10-14-29)43(73)55-33(47(77)78)17-19-37(69)70)23-31-21-53-41-39(45(75)59-49(51)57-41)63(31)35(67)7-5-3-4-6-8-36(68)64-32(22-54-42-40(64)46(76)60-50(52)58-42)24-62(26(2)66)30-15-11-28(12-16-30)44(74)56-34(48(79)80)18-20-38(71)72/h9-16,31-34H,3-8,17-24H2,1-2H3,(H,55,73)(H,56,74)(H,69,70)(H,71,72)(H,77,78)(H,79,80)(H4,51,53,57,59,75)(H4,52,54,58,60,76). The topological polar surface area (TPSA) is 456 Å². The number of aliphatic carboxylic acids is 4. The number of benzene rings is 2. The lowest BCUT2D eigenvalue weighted by Gasteiger charge is -2.39. The maximum atomic E-state index is 14.2. The van der Waals surface area contributed by atoms with Gasteiger partial charge in [0.1, 0.15) is 12.1 Å². The van der Waals surface area contributed by atoms with Crippen molar-refractivity contribution in [2.75, 3.05) is 67.9 Å². The zero-order valence-corrected chi connectivity index (χ0v) is 43.4. The van der Waals surface area contributed by atoms with Gasteiger partial charge in [0.05, 0.1) is 12.1 Å². The fraction of sp³-hybridized carbons (Fsp3) is 0.400. The molecular formula is C50H60N14O16. The Hall–Kier alpha value is -9.90. The number of hydrogen-bond donors (Lipinski definition) is 12. The van der Waals surface area contributed by atoms with E-state index in [1.165, 1.54) is 82.0 Å². The number of hydrogen-bond acceptors (Lipinski definition) is 18. The molecule has 30 nitrogen and oxygen atoms in total. The molecule has 4 unspecified atom stereocenters. The molecule has 4 aromatic rings. The highest BCUT2D eigenvalue weighted by Crippen LogP contribution is 2.32. The second-order valence-electron chi connectivity index (χ2n) is 18.8. The number of anilines is 8. The third-order valence-corrected chi connectivity index (χ3v) is 13.0. The Morgan fingerprint density at radius 1 is 0.575 bits per heavy atom. The summed E-state index contributed by atoms with van der Waals surface area (Å²) >= 11 is 0. The summed E-state index contributed by atoms with van der Waals surface area (Å²) in [6.45, 7) is 2.25. The highest BCUT2D eigenvalue weighted by Gasteiger charge is 2.38. The number of nitrogens with two attached hydrogens (primary N) is 2. The number of nitrogens with zero attached hydrogens (tertiary/aromatic N) is 6. The maximum absolute atomic E-state index is 14.2. The second-order valence-corrected chi connectivity index (χ2v) is 18.8. The Kier molecular flexibility index (Phi) is 19.6. The van der Waals surface area contributed by atoms with Crippen LogP contribution in [0.15, 0.2) is 58.1 Å². The summed E-state index contributed by atoms with van der Waals surface area (Å²) in [4.78, 5) is 171. The van der Waals surface area contributed by atoms with Crippen molar-refractivity contribution < 1.29 is 68.4 Å². The quantitative estimate of drug-likeness (QED) is 0.0402. The molecular weight excluding hydrogens is 1050 g/mol.